The summed E-state index contributed by atoms with van der Waals surface area (Å²) in [6.45, 7) is 0.638. The smallest absolute Gasteiger partial charge is 0.282 e. The van der Waals surface area contributed by atoms with Gasteiger partial charge in [0.05, 0.1) is 17.2 Å². The Morgan fingerprint density at radius 1 is 1.07 bits per heavy atom. The van der Waals surface area contributed by atoms with Gasteiger partial charge in [0.25, 0.3) is 11.6 Å². The van der Waals surface area contributed by atoms with Crippen LogP contribution in [0.3, 0.4) is 0 Å². The Morgan fingerprint density at radius 3 is 2.50 bits per heavy atom. The van der Waals surface area contributed by atoms with E-state index >= 15 is 0 Å². The Morgan fingerprint density at radius 2 is 1.82 bits per heavy atom. The lowest BCUT2D eigenvalue weighted by Crippen LogP contribution is -2.33. The average molecular weight is 396 g/mol. The number of rotatable bonds is 7. The molecule has 0 aliphatic carbocycles. The Balaban J connectivity index is 1.90. The molecule has 1 aromatic heterocycles. The van der Waals surface area contributed by atoms with Gasteiger partial charge >= 0.3 is 0 Å². The maximum absolute atomic E-state index is 13.2. The second-order valence-electron chi connectivity index (χ2n) is 6.20. The van der Waals surface area contributed by atoms with Crippen molar-refractivity contribution in [1.29, 1.82) is 0 Å². The van der Waals surface area contributed by atoms with Gasteiger partial charge in [0, 0.05) is 23.8 Å². The van der Waals surface area contributed by atoms with Crippen LogP contribution in [0.2, 0.25) is 5.02 Å². The second kappa shape index (κ2) is 9.10. The van der Waals surface area contributed by atoms with Gasteiger partial charge in [-0.1, -0.05) is 48.0 Å². The molecule has 0 aliphatic heterocycles. The molecule has 0 atom stereocenters. The number of hydrogen-bond donors (Lipinski definition) is 0. The van der Waals surface area contributed by atoms with Gasteiger partial charge in [0.15, 0.2) is 0 Å². The van der Waals surface area contributed by atoms with Crippen molar-refractivity contribution in [3.8, 4) is 0 Å². The SMILES string of the molecule is O=C(c1cc(Cl)ccc1[N+](=O)[O-])N(CCc1ccccc1)Cc1ccccn1. The normalized spacial score (nSPS) is 10.5. The predicted molar refractivity (Wildman–Crippen MR) is 107 cm³/mol. The third-order valence-electron chi connectivity index (χ3n) is 4.27. The molecule has 0 fully saturated rings. The van der Waals surface area contributed by atoms with Crippen molar-refractivity contribution in [3.05, 3.63) is 105 Å². The zero-order valence-electron chi connectivity index (χ0n) is 15.0. The molecule has 1 heterocycles. The number of amides is 1. The van der Waals surface area contributed by atoms with E-state index < -0.39 is 10.8 Å². The molecule has 28 heavy (non-hydrogen) atoms. The minimum Gasteiger partial charge on any atom is -0.332 e. The standard InChI is InChI=1S/C21H18ClN3O3/c22-17-9-10-20(25(27)28)19(14-17)21(26)24(15-18-8-4-5-12-23-18)13-11-16-6-2-1-3-7-16/h1-10,12,14H,11,13,15H2. The van der Waals surface area contributed by atoms with Crippen LogP contribution in [0.25, 0.3) is 0 Å². The molecule has 3 rings (SSSR count). The monoisotopic (exact) mass is 395 g/mol. The lowest BCUT2D eigenvalue weighted by Gasteiger charge is -2.22. The Bertz CT molecular complexity index is 965. The maximum atomic E-state index is 13.2. The number of pyridine rings is 1. The molecule has 0 aliphatic rings. The molecule has 0 unspecified atom stereocenters. The molecule has 0 N–H and O–H groups in total. The van der Waals surface area contributed by atoms with Crippen LogP contribution >= 0.6 is 11.6 Å². The van der Waals surface area contributed by atoms with E-state index in [-0.39, 0.29) is 22.8 Å². The summed E-state index contributed by atoms with van der Waals surface area (Å²) >= 11 is 6.00. The molecular formula is C21H18ClN3O3. The maximum Gasteiger partial charge on any atom is 0.282 e. The lowest BCUT2D eigenvalue weighted by molar-refractivity contribution is -0.385. The summed E-state index contributed by atoms with van der Waals surface area (Å²) in [4.78, 5) is 29.8. The first kappa shape index (κ1) is 19.5. The fourth-order valence-electron chi connectivity index (χ4n) is 2.86. The minimum absolute atomic E-state index is 0.0264. The number of carbonyl (C=O) groups excluding carboxylic acids is 1. The van der Waals surface area contributed by atoms with Gasteiger partial charge in [0.1, 0.15) is 5.56 Å². The van der Waals surface area contributed by atoms with Gasteiger partial charge in [-0.15, -0.1) is 0 Å². The molecule has 0 saturated heterocycles. The van der Waals surface area contributed by atoms with E-state index in [0.29, 0.717) is 18.7 Å². The molecule has 0 spiro atoms. The van der Waals surface area contributed by atoms with Gasteiger partial charge in [0.2, 0.25) is 0 Å². The molecule has 142 valence electrons. The number of halogens is 1. The minimum atomic E-state index is -0.570. The third kappa shape index (κ3) is 4.92. The fraction of sp³-hybridized carbons (Fsp3) is 0.143. The third-order valence-corrected chi connectivity index (χ3v) is 4.50. The van der Waals surface area contributed by atoms with E-state index in [9.17, 15) is 14.9 Å². The highest BCUT2D eigenvalue weighted by molar-refractivity contribution is 6.31. The predicted octanol–water partition coefficient (Wildman–Crippen LogP) is 4.53. The summed E-state index contributed by atoms with van der Waals surface area (Å²) < 4.78 is 0. The quantitative estimate of drug-likeness (QED) is 0.435. The van der Waals surface area contributed by atoms with Crippen molar-refractivity contribution in [2.24, 2.45) is 0 Å². The number of carbonyl (C=O) groups is 1. The number of nitro benzene ring substituents is 1. The first-order chi connectivity index (χ1) is 13.5. The van der Waals surface area contributed by atoms with Crippen molar-refractivity contribution >= 4 is 23.2 Å². The van der Waals surface area contributed by atoms with Crippen LogP contribution in [0.5, 0.6) is 0 Å². The molecule has 0 saturated carbocycles. The number of nitrogens with zero attached hydrogens (tertiary/aromatic N) is 3. The van der Waals surface area contributed by atoms with Gasteiger partial charge in [-0.2, -0.15) is 0 Å². The summed E-state index contributed by atoms with van der Waals surface area (Å²) in [5.74, 6) is -0.448. The molecule has 3 aromatic rings. The molecular weight excluding hydrogens is 378 g/mol. The number of benzene rings is 2. The van der Waals surface area contributed by atoms with Crippen molar-refractivity contribution in [1.82, 2.24) is 9.88 Å². The summed E-state index contributed by atoms with van der Waals surface area (Å²) in [6, 6.07) is 19.2. The second-order valence-corrected chi connectivity index (χ2v) is 6.64. The van der Waals surface area contributed by atoms with Crippen LogP contribution in [-0.4, -0.2) is 27.3 Å². The summed E-state index contributed by atoms with van der Waals surface area (Å²) in [7, 11) is 0. The number of aromatic nitrogens is 1. The first-order valence-corrected chi connectivity index (χ1v) is 9.09. The van der Waals surface area contributed by atoms with Gasteiger partial charge in [-0.05, 0) is 36.2 Å². The van der Waals surface area contributed by atoms with Crippen molar-refractivity contribution in [2.75, 3.05) is 6.54 Å². The van der Waals surface area contributed by atoms with Crippen LogP contribution in [0, 0.1) is 10.1 Å². The largest absolute Gasteiger partial charge is 0.332 e. The number of nitro groups is 1. The summed E-state index contributed by atoms with van der Waals surface area (Å²) in [5, 5.41) is 11.7. The van der Waals surface area contributed by atoms with E-state index in [1.54, 1.807) is 17.2 Å². The van der Waals surface area contributed by atoms with E-state index in [1.807, 2.05) is 42.5 Å². The fourth-order valence-corrected chi connectivity index (χ4v) is 3.03. The molecule has 0 bridgehead atoms. The van der Waals surface area contributed by atoms with Gasteiger partial charge in [-0.3, -0.25) is 19.9 Å². The van der Waals surface area contributed by atoms with Crippen molar-refractivity contribution in [2.45, 2.75) is 13.0 Å². The molecule has 1 amide bonds. The van der Waals surface area contributed by atoms with Crippen LogP contribution in [-0.2, 0) is 13.0 Å². The molecule has 7 heteroatoms. The highest BCUT2D eigenvalue weighted by atomic mass is 35.5. The Hall–Kier alpha value is -3.25. The average Bonchev–Trinajstić information content (AvgIpc) is 2.71. The Kier molecular flexibility index (Phi) is 6.34. The lowest BCUT2D eigenvalue weighted by atomic mass is 10.1. The topological polar surface area (TPSA) is 76.3 Å². The Labute approximate surface area is 167 Å². The van der Waals surface area contributed by atoms with Gasteiger partial charge < -0.3 is 4.90 Å². The van der Waals surface area contributed by atoms with Crippen LogP contribution in [0.1, 0.15) is 21.6 Å². The van der Waals surface area contributed by atoms with Crippen LogP contribution in [0.4, 0.5) is 5.69 Å². The van der Waals surface area contributed by atoms with E-state index in [0.717, 1.165) is 5.56 Å². The zero-order valence-corrected chi connectivity index (χ0v) is 15.7. The van der Waals surface area contributed by atoms with Crippen molar-refractivity contribution in [3.63, 3.8) is 0 Å². The van der Waals surface area contributed by atoms with Gasteiger partial charge in [-0.25, -0.2) is 0 Å². The molecule has 2 aromatic carbocycles. The van der Waals surface area contributed by atoms with E-state index in [4.69, 9.17) is 11.6 Å². The highest BCUT2D eigenvalue weighted by Crippen LogP contribution is 2.25. The molecule has 6 nitrogen and oxygen atoms in total. The highest BCUT2D eigenvalue weighted by Gasteiger charge is 2.25. The zero-order chi connectivity index (χ0) is 19.9. The summed E-state index contributed by atoms with van der Waals surface area (Å²) in [5.41, 5.74) is 1.48. The first-order valence-electron chi connectivity index (χ1n) is 8.71. The molecule has 0 radical (unpaired) electrons. The van der Waals surface area contributed by atoms with Crippen LogP contribution in [0.15, 0.2) is 72.9 Å². The van der Waals surface area contributed by atoms with Crippen LogP contribution < -0.4 is 0 Å². The number of hydrogen-bond acceptors (Lipinski definition) is 4. The summed E-state index contributed by atoms with van der Waals surface area (Å²) in [6.07, 6.45) is 2.27. The van der Waals surface area contributed by atoms with E-state index in [1.165, 1.54) is 18.2 Å². The van der Waals surface area contributed by atoms with E-state index in [2.05, 4.69) is 4.98 Å². The van der Waals surface area contributed by atoms with Crippen molar-refractivity contribution < 1.29 is 9.72 Å².